The fraction of sp³-hybridized carbons (Fsp3) is 0.538. The molecule has 0 aliphatic rings. The number of hydroxylamine groups is 2. The van der Waals surface area contributed by atoms with Crippen molar-refractivity contribution in [3.63, 3.8) is 0 Å². The Labute approximate surface area is 112 Å². The zero-order chi connectivity index (χ0) is 14.7. The number of rotatable bonds is 4. The Hall–Kier alpha value is -1.82. The van der Waals surface area contributed by atoms with E-state index in [1.54, 1.807) is 27.7 Å². The molecule has 1 heterocycles. The third-order valence-corrected chi connectivity index (χ3v) is 2.76. The molecule has 1 aromatic heterocycles. The molecule has 0 aliphatic carbocycles. The predicted molar refractivity (Wildman–Crippen MR) is 69.9 cm³/mol. The van der Waals surface area contributed by atoms with Crippen LogP contribution in [0, 0.1) is 13.8 Å². The maximum atomic E-state index is 12.0. The summed E-state index contributed by atoms with van der Waals surface area (Å²) < 4.78 is 5.16. The van der Waals surface area contributed by atoms with E-state index in [0.717, 1.165) is 5.06 Å². The Kier molecular flexibility index (Phi) is 4.72. The fourth-order valence-corrected chi connectivity index (χ4v) is 1.78. The van der Waals surface area contributed by atoms with Crippen LogP contribution in [0.25, 0.3) is 0 Å². The third kappa shape index (κ3) is 3.14. The van der Waals surface area contributed by atoms with Gasteiger partial charge in [-0.3, -0.25) is 9.63 Å². The van der Waals surface area contributed by atoms with E-state index >= 15 is 0 Å². The van der Waals surface area contributed by atoms with Gasteiger partial charge in [-0.1, -0.05) is 0 Å². The minimum absolute atomic E-state index is 0.206. The Morgan fingerprint density at radius 1 is 1.26 bits per heavy atom. The second kappa shape index (κ2) is 5.88. The molecule has 6 nitrogen and oxygen atoms in total. The van der Waals surface area contributed by atoms with Crippen molar-refractivity contribution in [2.45, 2.75) is 33.8 Å². The summed E-state index contributed by atoms with van der Waals surface area (Å²) in [5.41, 5.74) is 1.91. The number of aromatic nitrogens is 1. The molecule has 6 heteroatoms. The summed E-state index contributed by atoms with van der Waals surface area (Å²) in [4.78, 5) is 31.8. The Morgan fingerprint density at radius 3 is 2.32 bits per heavy atom. The van der Waals surface area contributed by atoms with Gasteiger partial charge in [0.25, 0.3) is 5.91 Å². The summed E-state index contributed by atoms with van der Waals surface area (Å²) in [6, 6.07) is 0. The van der Waals surface area contributed by atoms with Gasteiger partial charge in [-0.25, -0.2) is 9.86 Å². The lowest BCUT2D eigenvalue weighted by atomic mass is 10.1. The first-order chi connectivity index (χ1) is 8.79. The Balaban J connectivity index is 3.14. The average molecular weight is 268 g/mol. The summed E-state index contributed by atoms with van der Waals surface area (Å²) in [7, 11) is 2.90. The highest BCUT2D eigenvalue weighted by Crippen LogP contribution is 2.20. The van der Waals surface area contributed by atoms with Crippen molar-refractivity contribution < 1.29 is 19.2 Å². The minimum atomic E-state index is -0.430. The van der Waals surface area contributed by atoms with Crippen LogP contribution in [0.1, 0.15) is 46.0 Å². The number of carbonyl (C=O) groups excluding carboxylic acids is 2. The van der Waals surface area contributed by atoms with Crippen molar-refractivity contribution in [2.75, 3.05) is 14.2 Å². The molecule has 106 valence electrons. The van der Waals surface area contributed by atoms with Gasteiger partial charge in [0.2, 0.25) is 0 Å². The maximum absolute atomic E-state index is 12.0. The number of amides is 1. The van der Waals surface area contributed by atoms with Crippen molar-refractivity contribution in [1.29, 1.82) is 0 Å². The molecular weight excluding hydrogens is 248 g/mol. The quantitative estimate of drug-likeness (QED) is 0.668. The molecule has 1 rings (SSSR count). The first-order valence-electron chi connectivity index (χ1n) is 6.01. The number of nitrogens with zero attached hydrogens (tertiary/aromatic N) is 1. The van der Waals surface area contributed by atoms with Crippen molar-refractivity contribution in [3.8, 4) is 0 Å². The fourth-order valence-electron chi connectivity index (χ4n) is 1.78. The van der Waals surface area contributed by atoms with Gasteiger partial charge in [-0.2, -0.15) is 0 Å². The van der Waals surface area contributed by atoms with Gasteiger partial charge >= 0.3 is 5.97 Å². The van der Waals surface area contributed by atoms with Gasteiger partial charge in [-0.05, 0) is 33.3 Å². The standard InChI is InChI=1S/C13H20N2O4/c1-7(2)19-13(17)10-8(3)11(14-9(10)4)12(16)15(5)18-6/h7,14H,1-6H3. The van der Waals surface area contributed by atoms with E-state index in [9.17, 15) is 9.59 Å². The number of nitrogens with one attached hydrogen (secondary N) is 1. The second-order valence-corrected chi connectivity index (χ2v) is 4.56. The maximum Gasteiger partial charge on any atom is 0.340 e. The van der Waals surface area contributed by atoms with Crippen molar-refractivity contribution >= 4 is 11.9 Å². The van der Waals surface area contributed by atoms with Crippen LogP contribution in [-0.2, 0) is 9.57 Å². The van der Waals surface area contributed by atoms with E-state index in [-0.39, 0.29) is 12.0 Å². The highest BCUT2D eigenvalue weighted by atomic mass is 16.7. The van der Waals surface area contributed by atoms with Crippen LogP contribution in [0.3, 0.4) is 0 Å². The van der Waals surface area contributed by atoms with E-state index in [0.29, 0.717) is 22.5 Å². The van der Waals surface area contributed by atoms with E-state index in [4.69, 9.17) is 9.57 Å². The lowest BCUT2D eigenvalue weighted by Gasteiger charge is -2.13. The molecule has 0 aromatic carbocycles. The third-order valence-electron chi connectivity index (χ3n) is 2.76. The largest absolute Gasteiger partial charge is 0.459 e. The molecule has 0 saturated carbocycles. The predicted octanol–water partition coefficient (Wildman–Crippen LogP) is 1.83. The highest BCUT2D eigenvalue weighted by molar-refractivity contribution is 6.00. The van der Waals surface area contributed by atoms with Crippen LogP contribution in [0.5, 0.6) is 0 Å². The molecule has 0 spiro atoms. The van der Waals surface area contributed by atoms with Crippen LogP contribution in [0.4, 0.5) is 0 Å². The van der Waals surface area contributed by atoms with Crippen LogP contribution in [0.2, 0.25) is 0 Å². The summed E-state index contributed by atoms with van der Waals surface area (Å²) in [5, 5.41) is 1.09. The number of esters is 1. The van der Waals surface area contributed by atoms with Crippen molar-refractivity contribution in [3.05, 3.63) is 22.5 Å². The van der Waals surface area contributed by atoms with Gasteiger partial charge < -0.3 is 9.72 Å². The van der Waals surface area contributed by atoms with Gasteiger partial charge in [0, 0.05) is 12.7 Å². The van der Waals surface area contributed by atoms with Crippen molar-refractivity contribution in [1.82, 2.24) is 10.0 Å². The molecule has 0 bridgehead atoms. The Bertz CT molecular complexity index is 491. The summed E-state index contributed by atoms with van der Waals surface area (Å²) in [5.74, 6) is -0.771. The van der Waals surface area contributed by atoms with E-state index in [2.05, 4.69) is 4.98 Å². The van der Waals surface area contributed by atoms with Gasteiger partial charge in [-0.15, -0.1) is 0 Å². The number of ether oxygens (including phenoxy) is 1. The first-order valence-corrected chi connectivity index (χ1v) is 6.01. The number of aromatic amines is 1. The molecular formula is C13H20N2O4. The van der Waals surface area contributed by atoms with Crippen LogP contribution in [-0.4, -0.2) is 42.2 Å². The summed E-state index contributed by atoms with van der Waals surface area (Å²) in [6.07, 6.45) is -0.206. The van der Waals surface area contributed by atoms with Gasteiger partial charge in [0.05, 0.1) is 18.8 Å². The number of H-pyrrole nitrogens is 1. The first kappa shape index (κ1) is 15.2. The zero-order valence-electron chi connectivity index (χ0n) is 12.2. The number of hydrogen-bond acceptors (Lipinski definition) is 4. The molecule has 1 N–H and O–H groups in total. The molecule has 0 unspecified atom stereocenters. The number of aryl methyl sites for hydroxylation is 1. The lowest BCUT2D eigenvalue weighted by molar-refractivity contribution is -0.0760. The molecule has 0 saturated heterocycles. The van der Waals surface area contributed by atoms with Gasteiger partial charge in [0.1, 0.15) is 5.69 Å². The lowest BCUT2D eigenvalue weighted by Crippen LogP contribution is -2.26. The summed E-state index contributed by atoms with van der Waals surface area (Å²) >= 11 is 0. The monoisotopic (exact) mass is 268 g/mol. The molecule has 19 heavy (non-hydrogen) atoms. The molecule has 1 aromatic rings. The molecule has 0 aliphatic heterocycles. The minimum Gasteiger partial charge on any atom is -0.459 e. The normalized spacial score (nSPS) is 10.7. The second-order valence-electron chi connectivity index (χ2n) is 4.56. The van der Waals surface area contributed by atoms with E-state index in [1.165, 1.54) is 14.2 Å². The molecule has 1 amide bonds. The average Bonchev–Trinajstić information content (AvgIpc) is 2.61. The Morgan fingerprint density at radius 2 is 1.84 bits per heavy atom. The van der Waals surface area contributed by atoms with Gasteiger partial charge in [0.15, 0.2) is 0 Å². The molecule has 0 atom stereocenters. The highest BCUT2D eigenvalue weighted by Gasteiger charge is 2.25. The summed E-state index contributed by atoms with van der Waals surface area (Å²) in [6.45, 7) is 6.99. The molecule has 0 radical (unpaired) electrons. The smallest absolute Gasteiger partial charge is 0.340 e. The van der Waals surface area contributed by atoms with Crippen LogP contribution >= 0.6 is 0 Å². The van der Waals surface area contributed by atoms with Crippen LogP contribution < -0.4 is 0 Å². The van der Waals surface area contributed by atoms with Crippen LogP contribution in [0.15, 0.2) is 0 Å². The SMILES string of the molecule is CON(C)C(=O)c1[nH]c(C)c(C(=O)OC(C)C)c1C. The van der Waals surface area contributed by atoms with Crippen molar-refractivity contribution in [2.24, 2.45) is 0 Å². The van der Waals surface area contributed by atoms with E-state index < -0.39 is 5.97 Å². The topological polar surface area (TPSA) is 71.6 Å². The molecule has 0 fully saturated rings. The number of carbonyl (C=O) groups is 2. The van der Waals surface area contributed by atoms with E-state index in [1.807, 2.05) is 0 Å². The zero-order valence-corrected chi connectivity index (χ0v) is 12.2. The number of hydrogen-bond donors (Lipinski definition) is 1.